The molecule has 0 amide bonds. The van der Waals surface area contributed by atoms with Crippen LogP contribution in [-0.4, -0.2) is 16.8 Å². The van der Waals surface area contributed by atoms with Crippen LogP contribution in [0.3, 0.4) is 0 Å². The maximum atomic E-state index is 12.3. The highest BCUT2D eigenvalue weighted by Gasteiger charge is 2.25. The van der Waals surface area contributed by atoms with Crippen LogP contribution in [0.25, 0.3) is 6.08 Å². The number of hydrogen-bond acceptors (Lipinski definition) is 6. The molecule has 1 heterocycles. The molecule has 0 aliphatic carbocycles. The number of ether oxygens (including phenoxy) is 2. The van der Waals surface area contributed by atoms with Gasteiger partial charge in [0.1, 0.15) is 12.4 Å². The number of nitro groups is 1. The Morgan fingerprint density at radius 3 is 2.45 bits per heavy atom. The number of nitro benzene ring substituents is 1. The largest absolute Gasteiger partial charge is 0.488 e. The van der Waals surface area contributed by atoms with E-state index in [2.05, 4.69) is 4.99 Å². The molecule has 0 N–H and O–H groups in total. The van der Waals surface area contributed by atoms with Crippen molar-refractivity contribution in [2.45, 2.75) is 6.61 Å². The van der Waals surface area contributed by atoms with Gasteiger partial charge in [0, 0.05) is 28.3 Å². The first-order valence-electron chi connectivity index (χ1n) is 9.23. The van der Waals surface area contributed by atoms with Crippen LogP contribution in [0.15, 0.2) is 83.5 Å². The van der Waals surface area contributed by atoms with Crippen LogP contribution in [0, 0.1) is 10.1 Å². The summed E-state index contributed by atoms with van der Waals surface area (Å²) in [7, 11) is 0. The minimum atomic E-state index is -0.610. The fourth-order valence-electron chi connectivity index (χ4n) is 2.88. The van der Waals surface area contributed by atoms with Crippen molar-refractivity contribution in [1.82, 2.24) is 0 Å². The van der Waals surface area contributed by atoms with Crippen LogP contribution in [0.1, 0.15) is 16.7 Å². The molecule has 0 aromatic heterocycles. The number of rotatable bonds is 6. The van der Waals surface area contributed by atoms with Crippen molar-refractivity contribution >= 4 is 35.2 Å². The number of nitrogens with zero attached hydrogens (tertiary/aromatic N) is 2. The van der Waals surface area contributed by atoms with Crippen molar-refractivity contribution in [3.05, 3.63) is 110 Å². The molecule has 4 rings (SSSR count). The summed E-state index contributed by atoms with van der Waals surface area (Å²) in [6.07, 6.45) is 1.58. The molecule has 1 aliphatic heterocycles. The van der Waals surface area contributed by atoms with Gasteiger partial charge in [0.2, 0.25) is 5.90 Å². The van der Waals surface area contributed by atoms with E-state index in [1.54, 1.807) is 30.3 Å². The van der Waals surface area contributed by atoms with E-state index in [4.69, 9.17) is 21.1 Å². The predicted molar refractivity (Wildman–Crippen MR) is 116 cm³/mol. The summed E-state index contributed by atoms with van der Waals surface area (Å²) in [5.41, 5.74) is 2.13. The summed E-state index contributed by atoms with van der Waals surface area (Å²) < 4.78 is 11.1. The molecule has 154 valence electrons. The van der Waals surface area contributed by atoms with Crippen LogP contribution < -0.4 is 4.74 Å². The van der Waals surface area contributed by atoms with Gasteiger partial charge in [0.25, 0.3) is 5.69 Å². The summed E-state index contributed by atoms with van der Waals surface area (Å²) in [4.78, 5) is 26.8. The Hall–Kier alpha value is -3.97. The normalized spacial score (nSPS) is 14.3. The minimum Gasteiger partial charge on any atom is -0.488 e. The van der Waals surface area contributed by atoms with Gasteiger partial charge in [0.05, 0.1) is 4.92 Å². The van der Waals surface area contributed by atoms with Gasteiger partial charge in [-0.15, -0.1) is 0 Å². The smallest absolute Gasteiger partial charge is 0.363 e. The molecule has 0 atom stereocenters. The zero-order chi connectivity index (χ0) is 21.8. The summed E-state index contributed by atoms with van der Waals surface area (Å²) in [6, 6.07) is 20.2. The lowest BCUT2D eigenvalue weighted by molar-refractivity contribution is -0.384. The third-order valence-corrected chi connectivity index (χ3v) is 4.72. The molecule has 0 unspecified atom stereocenters. The number of para-hydroxylation sites is 1. The predicted octanol–water partition coefficient (Wildman–Crippen LogP) is 5.17. The molecule has 7 nitrogen and oxygen atoms in total. The van der Waals surface area contributed by atoms with Gasteiger partial charge in [-0.05, 0) is 42.0 Å². The summed E-state index contributed by atoms with van der Waals surface area (Å²) in [5.74, 6) is 0.0586. The average Bonchev–Trinajstić information content (AvgIpc) is 3.14. The summed E-state index contributed by atoms with van der Waals surface area (Å²) in [6.45, 7) is 0.332. The third kappa shape index (κ3) is 4.79. The number of esters is 1. The maximum Gasteiger partial charge on any atom is 0.363 e. The minimum absolute atomic E-state index is 0.0591. The SMILES string of the molecule is O=C1OC(c2ccc([N+](=O)[O-])cc2)=N/C1=C\c1ccccc1OCc1ccc(Cl)cc1. The zero-order valence-corrected chi connectivity index (χ0v) is 16.8. The molecule has 0 bridgehead atoms. The first-order valence-corrected chi connectivity index (χ1v) is 9.61. The molecule has 0 spiro atoms. The molecule has 1 aliphatic rings. The Morgan fingerprint density at radius 2 is 1.74 bits per heavy atom. The van der Waals surface area contributed by atoms with Crippen molar-refractivity contribution in [2.24, 2.45) is 4.99 Å². The summed E-state index contributed by atoms with van der Waals surface area (Å²) in [5, 5.41) is 11.4. The Bertz CT molecular complexity index is 1200. The van der Waals surface area contributed by atoms with Crippen molar-refractivity contribution < 1.29 is 19.2 Å². The van der Waals surface area contributed by atoms with Crippen molar-refractivity contribution in [2.75, 3.05) is 0 Å². The molecule has 3 aromatic rings. The second-order valence-electron chi connectivity index (χ2n) is 6.59. The number of aliphatic imine (C=N–C) groups is 1. The van der Waals surface area contributed by atoms with E-state index in [0.29, 0.717) is 28.5 Å². The Morgan fingerprint density at radius 1 is 1.03 bits per heavy atom. The van der Waals surface area contributed by atoms with Crippen molar-refractivity contribution in [3.8, 4) is 5.75 Å². The van der Waals surface area contributed by atoms with Gasteiger partial charge < -0.3 is 9.47 Å². The highest BCUT2D eigenvalue weighted by atomic mass is 35.5. The molecule has 31 heavy (non-hydrogen) atoms. The number of carbonyl (C=O) groups excluding carboxylic acids is 1. The van der Waals surface area contributed by atoms with E-state index in [1.807, 2.05) is 24.3 Å². The molecule has 0 saturated carbocycles. The molecule has 8 heteroatoms. The standard InChI is InChI=1S/C23H15ClN2O5/c24-18-9-5-15(6-10-18)14-30-21-4-2-1-3-17(21)13-20-23(27)31-22(25-20)16-7-11-19(12-8-16)26(28)29/h1-13H,14H2/b20-13-. The number of cyclic esters (lactones) is 1. The van der Waals surface area contributed by atoms with Crippen LogP contribution in [0.4, 0.5) is 5.69 Å². The molecule has 0 radical (unpaired) electrons. The average molecular weight is 435 g/mol. The lowest BCUT2D eigenvalue weighted by Gasteiger charge is -2.09. The van der Waals surface area contributed by atoms with Gasteiger partial charge >= 0.3 is 5.97 Å². The maximum absolute atomic E-state index is 12.3. The number of carbonyl (C=O) groups is 1. The fraction of sp³-hybridized carbons (Fsp3) is 0.0435. The van der Waals surface area contributed by atoms with E-state index < -0.39 is 10.9 Å². The van der Waals surface area contributed by atoms with E-state index >= 15 is 0 Å². The van der Waals surface area contributed by atoms with Crippen LogP contribution >= 0.6 is 11.6 Å². The third-order valence-electron chi connectivity index (χ3n) is 4.46. The molecular weight excluding hydrogens is 420 g/mol. The lowest BCUT2D eigenvalue weighted by atomic mass is 10.1. The Balaban J connectivity index is 1.55. The van der Waals surface area contributed by atoms with Crippen LogP contribution in [-0.2, 0) is 16.1 Å². The Kier molecular flexibility index (Phi) is 5.77. The highest BCUT2D eigenvalue weighted by molar-refractivity contribution is 6.30. The number of hydrogen-bond donors (Lipinski definition) is 0. The first kappa shape index (κ1) is 20.3. The quantitative estimate of drug-likeness (QED) is 0.231. The van der Waals surface area contributed by atoms with E-state index in [-0.39, 0.29) is 17.3 Å². The van der Waals surface area contributed by atoms with Gasteiger partial charge in [-0.3, -0.25) is 10.1 Å². The van der Waals surface area contributed by atoms with Gasteiger partial charge in [-0.2, -0.15) is 0 Å². The lowest BCUT2D eigenvalue weighted by Crippen LogP contribution is -2.05. The topological polar surface area (TPSA) is 91.0 Å². The number of halogens is 1. The second kappa shape index (κ2) is 8.81. The fourth-order valence-corrected chi connectivity index (χ4v) is 3.00. The number of benzene rings is 3. The monoisotopic (exact) mass is 434 g/mol. The summed E-state index contributed by atoms with van der Waals surface area (Å²) >= 11 is 5.91. The second-order valence-corrected chi connectivity index (χ2v) is 7.03. The first-order chi connectivity index (χ1) is 15.0. The Labute approximate surface area is 182 Å². The molecule has 0 saturated heterocycles. The molecule has 3 aromatic carbocycles. The van der Waals surface area contributed by atoms with Crippen LogP contribution in [0.5, 0.6) is 5.75 Å². The molecular formula is C23H15ClN2O5. The van der Waals surface area contributed by atoms with E-state index in [1.165, 1.54) is 24.3 Å². The van der Waals surface area contributed by atoms with Crippen molar-refractivity contribution in [1.29, 1.82) is 0 Å². The van der Waals surface area contributed by atoms with Gasteiger partial charge in [-0.1, -0.05) is 41.9 Å². The van der Waals surface area contributed by atoms with Gasteiger partial charge in [-0.25, -0.2) is 9.79 Å². The van der Waals surface area contributed by atoms with Gasteiger partial charge in [0.15, 0.2) is 5.70 Å². The molecule has 0 fully saturated rings. The van der Waals surface area contributed by atoms with Crippen LogP contribution in [0.2, 0.25) is 5.02 Å². The zero-order valence-electron chi connectivity index (χ0n) is 16.0. The number of non-ortho nitro benzene ring substituents is 1. The van der Waals surface area contributed by atoms with E-state index in [9.17, 15) is 14.9 Å². The highest BCUT2D eigenvalue weighted by Crippen LogP contribution is 2.26. The van der Waals surface area contributed by atoms with Crippen molar-refractivity contribution in [3.63, 3.8) is 0 Å². The van der Waals surface area contributed by atoms with E-state index in [0.717, 1.165) is 5.56 Å².